The molecule has 3 fully saturated rings. The van der Waals surface area contributed by atoms with Gasteiger partial charge in [-0.3, -0.25) is 9.59 Å². The lowest BCUT2D eigenvalue weighted by molar-refractivity contribution is -0.141. The predicted octanol–water partition coefficient (Wildman–Crippen LogP) is 1.27. The van der Waals surface area contributed by atoms with E-state index in [2.05, 4.69) is 19.2 Å². The molecule has 6 heteroatoms. The maximum atomic E-state index is 12.7. The normalized spacial score (nSPS) is 35.1. The minimum absolute atomic E-state index is 0. The molecular weight excluding hydrogens is 302 g/mol. The molecule has 3 unspecified atom stereocenters. The molecule has 2 amide bonds. The molecule has 2 saturated heterocycles. The molecule has 0 radical (unpaired) electrons. The average molecular weight is 330 g/mol. The summed E-state index contributed by atoms with van der Waals surface area (Å²) in [6.45, 7) is 8.09. The van der Waals surface area contributed by atoms with Crippen LogP contribution < -0.4 is 5.32 Å². The third-order valence-electron chi connectivity index (χ3n) is 5.73. The number of piperidine rings is 1. The molecule has 3 rings (SSSR count). The minimum Gasteiger partial charge on any atom is -0.340 e. The van der Waals surface area contributed by atoms with E-state index in [9.17, 15) is 9.59 Å². The summed E-state index contributed by atoms with van der Waals surface area (Å²) in [6, 6.07) is 0.226. The van der Waals surface area contributed by atoms with Crippen molar-refractivity contribution in [1.29, 1.82) is 0 Å². The van der Waals surface area contributed by atoms with Crippen molar-refractivity contribution in [3.63, 3.8) is 0 Å². The van der Waals surface area contributed by atoms with Crippen LogP contribution in [0.3, 0.4) is 0 Å². The first kappa shape index (κ1) is 17.5. The smallest absolute Gasteiger partial charge is 0.236 e. The summed E-state index contributed by atoms with van der Waals surface area (Å²) >= 11 is 0. The summed E-state index contributed by atoms with van der Waals surface area (Å²) in [4.78, 5) is 28.7. The van der Waals surface area contributed by atoms with Crippen molar-refractivity contribution in [2.24, 2.45) is 11.3 Å². The highest BCUT2D eigenvalue weighted by atomic mass is 35.5. The van der Waals surface area contributed by atoms with Gasteiger partial charge >= 0.3 is 0 Å². The van der Waals surface area contributed by atoms with Crippen LogP contribution in [0.5, 0.6) is 0 Å². The Labute approximate surface area is 139 Å². The molecule has 0 spiro atoms. The molecule has 0 aromatic heterocycles. The molecule has 1 aliphatic carbocycles. The third-order valence-corrected chi connectivity index (χ3v) is 5.73. The standard InChI is InChI=1S/C16H27N3O2.ClH/c1-3-16(2)9-13(16)15(21)18-7-4-5-12(11-18)19-8-6-17-10-14(19)20;/h12-13,17H,3-11H2,1-2H3;1H. The molecule has 5 nitrogen and oxygen atoms in total. The van der Waals surface area contributed by atoms with Crippen molar-refractivity contribution in [3.8, 4) is 0 Å². The highest BCUT2D eigenvalue weighted by Gasteiger charge is 2.54. The summed E-state index contributed by atoms with van der Waals surface area (Å²) in [5, 5.41) is 3.11. The van der Waals surface area contributed by atoms with Crippen LogP contribution in [0, 0.1) is 11.3 Å². The number of hydrogen-bond acceptors (Lipinski definition) is 3. The Kier molecular flexibility index (Phi) is 5.38. The molecule has 2 heterocycles. The van der Waals surface area contributed by atoms with Gasteiger partial charge in [0.25, 0.3) is 0 Å². The largest absolute Gasteiger partial charge is 0.340 e. The van der Waals surface area contributed by atoms with Gasteiger partial charge in [0.15, 0.2) is 0 Å². The first-order chi connectivity index (χ1) is 10.0. The number of hydrogen-bond donors (Lipinski definition) is 1. The molecule has 1 saturated carbocycles. The van der Waals surface area contributed by atoms with Crippen LogP contribution >= 0.6 is 12.4 Å². The molecule has 3 aliphatic rings. The Hall–Kier alpha value is -0.810. The zero-order valence-corrected chi connectivity index (χ0v) is 14.5. The van der Waals surface area contributed by atoms with Crippen molar-refractivity contribution < 1.29 is 9.59 Å². The van der Waals surface area contributed by atoms with Gasteiger partial charge in [0.1, 0.15) is 0 Å². The quantitative estimate of drug-likeness (QED) is 0.848. The van der Waals surface area contributed by atoms with E-state index >= 15 is 0 Å². The molecule has 2 aliphatic heterocycles. The SMILES string of the molecule is CCC1(C)CC1C(=O)N1CCCC(N2CCNCC2=O)C1.Cl. The zero-order valence-electron chi connectivity index (χ0n) is 13.6. The zero-order chi connectivity index (χ0) is 15.0. The Balaban J connectivity index is 0.00000176. The molecule has 3 atom stereocenters. The number of carbonyl (C=O) groups excluding carboxylic acids is 2. The summed E-state index contributed by atoms with van der Waals surface area (Å²) in [6.07, 6.45) is 4.17. The first-order valence-corrected chi connectivity index (χ1v) is 8.34. The van der Waals surface area contributed by atoms with E-state index in [1.807, 2.05) is 9.80 Å². The average Bonchev–Trinajstić information content (AvgIpc) is 3.20. The number of carbonyl (C=O) groups is 2. The highest BCUT2D eigenvalue weighted by Crippen LogP contribution is 2.55. The van der Waals surface area contributed by atoms with E-state index < -0.39 is 0 Å². The fraction of sp³-hybridized carbons (Fsp3) is 0.875. The lowest BCUT2D eigenvalue weighted by atomic mass is 10.00. The van der Waals surface area contributed by atoms with Crippen molar-refractivity contribution in [3.05, 3.63) is 0 Å². The summed E-state index contributed by atoms with van der Waals surface area (Å²) in [7, 11) is 0. The van der Waals surface area contributed by atoms with Gasteiger partial charge in [-0.1, -0.05) is 13.8 Å². The van der Waals surface area contributed by atoms with Crippen LogP contribution in [0.1, 0.15) is 39.5 Å². The van der Waals surface area contributed by atoms with Crippen molar-refractivity contribution in [2.45, 2.75) is 45.6 Å². The number of nitrogens with zero attached hydrogens (tertiary/aromatic N) is 2. The maximum absolute atomic E-state index is 12.7. The van der Waals surface area contributed by atoms with Crippen LogP contribution in [0.4, 0.5) is 0 Å². The Morgan fingerprint density at radius 1 is 1.41 bits per heavy atom. The monoisotopic (exact) mass is 329 g/mol. The molecule has 22 heavy (non-hydrogen) atoms. The minimum atomic E-state index is 0. The Morgan fingerprint density at radius 2 is 2.18 bits per heavy atom. The fourth-order valence-corrected chi connectivity index (χ4v) is 3.82. The number of likely N-dealkylation sites (tertiary alicyclic amines) is 1. The van der Waals surface area contributed by atoms with Gasteiger partial charge in [0, 0.05) is 38.1 Å². The third kappa shape index (κ3) is 3.25. The predicted molar refractivity (Wildman–Crippen MR) is 87.9 cm³/mol. The highest BCUT2D eigenvalue weighted by molar-refractivity contribution is 5.85. The molecule has 0 bridgehead atoms. The Morgan fingerprint density at radius 3 is 2.82 bits per heavy atom. The van der Waals surface area contributed by atoms with Gasteiger partial charge in [0.2, 0.25) is 11.8 Å². The van der Waals surface area contributed by atoms with Crippen LogP contribution in [0.15, 0.2) is 0 Å². The van der Waals surface area contributed by atoms with Crippen molar-refractivity contribution in [2.75, 3.05) is 32.7 Å². The first-order valence-electron chi connectivity index (χ1n) is 8.34. The second kappa shape index (κ2) is 6.75. The van der Waals surface area contributed by atoms with Crippen molar-refractivity contribution >= 4 is 24.2 Å². The molecular formula is C16H28ClN3O2. The van der Waals surface area contributed by atoms with E-state index in [1.54, 1.807) is 0 Å². The van der Waals surface area contributed by atoms with E-state index in [1.165, 1.54) is 0 Å². The number of piperazine rings is 1. The number of rotatable bonds is 3. The van der Waals surface area contributed by atoms with E-state index in [4.69, 9.17) is 0 Å². The van der Waals surface area contributed by atoms with Crippen LogP contribution in [-0.2, 0) is 9.59 Å². The van der Waals surface area contributed by atoms with Gasteiger partial charge < -0.3 is 15.1 Å². The van der Waals surface area contributed by atoms with Crippen LogP contribution in [-0.4, -0.2) is 60.4 Å². The number of halogens is 1. The van der Waals surface area contributed by atoms with Gasteiger partial charge in [-0.25, -0.2) is 0 Å². The van der Waals surface area contributed by atoms with Crippen molar-refractivity contribution in [1.82, 2.24) is 15.1 Å². The van der Waals surface area contributed by atoms with E-state index in [0.29, 0.717) is 12.5 Å². The molecule has 126 valence electrons. The second-order valence-electron chi connectivity index (χ2n) is 7.11. The number of amides is 2. The summed E-state index contributed by atoms with van der Waals surface area (Å²) in [5.74, 6) is 0.733. The van der Waals surface area contributed by atoms with E-state index in [-0.39, 0.29) is 35.7 Å². The lowest BCUT2D eigenvalue weighted by Crippen LogP contribution is -2.57. The van der Waals surface area contributed by atoms with Gasteiger partial charge in [0.05, 0.1) is 6.54 Å². The van der Waals surface area contributed by atoms with Gasteiger partial charge in [-0.05, 0) is 31.1 Å². The summed E-state index contributed by atoms with van der Waals surface area (Å²) < 4.78 is 0. The number of nitrogens with one attached hydrogen (secondary N) is 1. The van der Waals surface area contributed by atoms with Crippen LogP contribution in [0.2, 0.25) is 0 Å². The van der Waals surface area contributed by atoms with Gasteiger partial charge in [-0.15, -0.1) is 12.4 Å². The van der Waals surface area contributed by atoms with Gasteiger partial charge in [-0.2, -0.15) is 0 Å². The fourth-order valence-electron chi connectivity index (χ4n) is 3.82. The maximum Gasteiger partial charge on any atom is 0.236 e. The van der Waals surface area contributed by atoms with E-state index in [0.717, 1.165) is 51.9 Å². The second-order valence-corrected chi connectivity index (χ2v) is 7.11. The Bertz CT molecular complexity index is 445. The lowest BCUT2D eigenvalue weighted by Gasteiger charge is -2.41. The summed E-state index contributed by atoms with van der Waals surface area (Å²) in [5.41, 5.74) is 0.231. The van der Waals surface area contributed by atoms with Crippen LogP contribution in [0.25, 0.3) is 0 Å². The molecule has 1 N–H and O–H groups in total. The topological polar surface area (TPSA) is 52.7 Å². The molecule has 0 aromatic carbocycles. The molecule has 0 aromatic rings.